The molecule has 3 heteroatoms. The average Bonchev–Trinajstić information content (AvgIpc) is 2.34. The topological polar surface area (TPSA) is 24.5 Å². The molecule has 1 aliphatic heterocycles. The third-order valence-corrected chi connectivity index (χ3v) is 3.62. The van der Waals surface area contributed by atoms with Crippen molar-refractivity contribution in [2.75, 3.05) is 45.9 Å². The van der Waals surface area contributed by atoms with Crippen LogP contribution in [0.1, 0.15) is 51.9 Å². The molecule has 0 aromatic carbocycles. The summed E-state index contributed by atoms with van der Waals surface area (Å²) < 4.78 is 5.53. The monoisotopic (exact) mass is 256 g/mol. The van der Waals surface area contributed by atoms with Gasteiger partial charge in [-0.25, -0.2) is 0 Å². The van der Waals surface area contributed by atoms with Gasteiger partial charge in [-0.05, 0) is 32.4 Å². The maximum Gasteiger partial charge on any atom is 0.0590 e. The van der Waals surface area contributed by atoms with E-state index in [1.807, 2.05) is 0 Å². The predicted molar refractivity (Wildman–Crippen MR) is 78.1 cm³/mol. The Labute approximate surface area is 113 Å². The van der Waals surface area contributed by atoms with Crippen LogP contribution in [0.5, 0.6) is 0 Å². The van der Waals surface area contributed by atoms with E-state index >= 15 is 0 Å². The molecule has 1 rings (SSSR count). The van der Waals surface area contributed by atoms with E-state index in [2.05, 4.69) is 17.1 Å². The highest BCUT2D eigenvalue weighted by Crippen LogP contribution is 2.09. The van der Waals surface area contributed by atoms with E-state index in [1.54, 1.807) is 0 Å². The molecular formula is C15H32N2O. The fourth-order valence-corrected chi connectivity index (χ4v) is 2.39. The number of nitrogens with zero attached hydrogens (tertiary/aromatic N) is 1. The van der Waals surface area contributed by atoms with E-state index in [0.717, 1.165) is 26.3 Å². The third kappa shape index (κ3) is 8.90. The van der Waals surface area contributed by atoms with Crippen LogP contribution in [0.3, 0.4) is 0 Å². The molecule has 0 spiro atoms. The summed E-state index contributed by atoms with van der Waals surface area (Å²) in [5.41, 5.74) is 0. The highest BCUT2D eigenvalue weighted by Gasteiger charge is 2.06. The van der Waals surface area contributed by atoms with Crippen molar-refractivity contribution in [2.45, 2.75) is 51.9 Å². The van der Waals surface area contributed by atoms with Crippen LogP contribution in [0.15, 0.2) is 0 Å². The number of likely N-dealkylation sites (tertiary alicyclic amines) is 1. The van der Waals surface area contributed by atoms with Crippen LogP contribution in [0.2, 0.25) is 0 Å². The number of nitrogens with one attached hydrogen (secondary N) is 1. The van der Waals surface area contributed by atoms with Crippen LogP contribution in [0.25, 0.3) is 0 Å². The molecule has 18 heavy (non-hydrogen) atoms. The minimum atomic E-state index is 0.861. The summed E-state index contributed by atoms with van der Waals surface area (Å²) in [5, 5.41) is 3.48. The quantitative estimate of drug-likeness (QED) is 0.642. The molecule has 0 unspecified atom stereocenters. The molecule has 0 aliphatic carbocycles. The zero-order valence-electron chi connectivity index (χ0n) is 12.3. The second kappa shape index (κ2) is 11.9. The Hall–Kier alpha value is -0.120. The molecule has 1 fully saturated rings. The summed E-state index contributed by atoms with van der Waals surface area (Å²) in [6.45, 7) is 9.89. The SMILES string of the molecule is CCCCOCCNCCN1CCCCCCC1. The second-order valence-electron chi connectivity index (χ2n) is 5.33. The maximum atomic E-state index is 5.53. The fourth-order valence-electron chi connectivity index (χ4n) is 2.39. The van der Waals surface area contributed by atoms with Gasteiger partial charge < -0.3 is 15.0 Å². The van der Waals surface area contributed by atoms with E-state index in [4.69, 9.17) is 4.74 Å². The van der Waals surface area contributed by atoms with Gasteiger partial charge >= 0.3 is 0 Å². The van der Waals surface area contributed by atoms with Crippen molar-refractivity contribution >= 4 is 0 Å². The van der Waals surface area contributed by atoms with Gasteiger partial charge in [-0.1, -0.05) is 32.6 Å². The lowest BCUT2D eigenvalue weighted by Crippen LogP contribution is -2.35. The van der Waals surface area contributed by atoms with Crippen molar-refractivity contribution in [1.29, 1.82) is 0 Å². The summed E-state index contributed by atoms with van der Waals surface area (Å²) >= 11 is 0. The standard InChI is InChI=1S/C15H32N2O/c1-2-3-14-18-15-10-16-9-13-17-11-7-5-4-6-8-12-17/h16H,2-15H2,1H3. The lowest BCUT2D eigenvalue weighted by molar-refractivity contribution is 0.132. The van der Waals surface area contributed by atoms with Crippen molar-refractivity contribution in [1.82, 2.24) is 10.2 Å². The largest absolute Gasteiger partial charge is 0.380 e. The molecule has 0 radical (unpaired) electrons. The summed E-state index contributed by atoms with van der Waals surface area (Å²) in [5.74, 6) is 0. The number of hydrogen-bond donors (Lipinski definition) is 1. The maximum absolute atomic E-state index is 5.53. The molecule has 0 aromatic heterocycles. The molecule has 1 heterocycles. The Kier molecular flexibility index (Phi) is 10.6. The molecule has 1 N–H and O–H groups in total. The van der Waals surface area contributed by atoms with Gasteiger partial charge in [0.25, 0.3) is 0 Å². The number of unbranched alkanes of at least 4 members (excludes halogenated alkanes) is 1. The van der Waals surface area contributed by atoms with E-state index in [0.29, 0.717) is 0 Å². The molecule has 0 saturated carbocycles. The van der Waals surface area contributed by atoms with Gasteiger partial charge in [0.2, 0.25) is 0 Å². The van der Waals surface area contributed by atoms with Gasteiger partial charge in [0.1, 0.15) is 0 Å². The Morgan fingerprint density at radius 2 is 1.67 bits per heavy atom. The molecule has 0 aromatic rings. The summed E-state index contributed by atoms with van der Waals surface area (Å²) in [6.07, 6.45) is 9.49. The highest BCUT2D eigenvalue weighted by molar-refractivity contribution is 4.63. The van der Waals surface area contributed by atoms with Crippen LogP contribution >= 0.6 is 0 Å². The first-order valence-electron chi connectivity index (χ1n) is 7.94. The Bertz CT molecular complexity index is 168. The minimum absolute atomic E-state index is 0.861. The van der Waals surface area contributed by atoms with Gasteiger partial charge in [-0.2, -0.15) is 0 Å². The first-order chi connectivity index (χ1) is 8.93. The fraction of sp³-hybridized carbons (Fsp3) is 1.00. The first-order valence-corrected chi connectivity index (χ1v) is 7.94. The van der Waals surface area contributed by atoms with Gasteiger partial charge in [-0.15, -0.1) is 0 Å². The Morgan fingerprint density at radius 3 is 2.39 bits per heavy atom. The summed E-state index contributed by atoms with van der Waals surface area (Å²) in [4.78, 5) is 2.62. The predicted octanol–water partition coefficient (Wildman–Crippen LogP) is 2.66. The van der Waals surface area contributed by atoms with Gasteiger partial charge in [-0.3, -0.25) is 0 Å². The number of hydrogen-bond acceptors (Lipinski definition) is 3. The van der Waals surface area contributed by atoms with Crippen LogP contribution in [0.4, 0.5) is 0 Å². The van der Waals surface area contributed by atoms with E-state index in [1.165, 1.54) is 64.6 Å². The lowest BCUT2D eigenvalue weighted by atomic mass is 10.1. The smallest absolute Gasteiger partial charge is 0.0590 e. The van der Waals surface area contributed by atoms with E-state index in [9.17, 15) is 0 Å². The van der Waals surface area contributed by atoms with Crippen molar-refractivity contribution < 1.29 is 4.74 Å². The van der Waals surface area contributed by atoms with Crippen molar-refractivity contribution in [3.05, 3.63) is 0 Å². The zero-order valence-corrected chi connectivity index (χ0v) is 12.3. The lowest BCUT2D eigenvalue weighted by Gasteiger charge is -2.24. The van der Waals surface area contributed by atoms with Crippen LogP contribution in [0, 0.1) is 0 Å². The zero-order chi connectivity index (χ0) is 12.9. The van der Waals surface area contributed by atoms with Crippen molar-refractivity contribution in [3.8, 4) is 0 Å². The molecular weight excluding hydrogens is 224 g/mol. The molecule has 0 atom stereocenters. The van der Waals surface area contributed by atoms with Gasteiger partial charge in [0.15, 0.2) is 0 Å². The summed E-state index contributed by atoms with van der Waals surface area (Å²) in [7, 11) is 0. The molecule has 1 saturated heterocycles. The average molecular weight is 256 g/mol. The number of rotatable bonds is 9. The Morgan fingerprint density at radius 1 is 0.944 bits per heavy atom. The molecule has 0 amide bonds. The molecule has 0 bridgehead atoms. The van der Waals surface area contributed by atoms with Crippen LogP contribution in [-0.2, 0) is 4.74 Å². The van der Waals surface area contributed by atoms with Crippen LogP contribution < -0.4 is 5.32 Å². The summed E-state index contributed by atoms with van der Waals surface area (Å²) in [6, 6.07) is 0. The van der Waals surface area contributed by atoms with Crippen molar-refractivity contribution in [3.63, 3.8) is 0 Å². The van der Waals surface area contributed by atoms with E-state index < -0.39 is 0 Å². The number of ether oxygens (including phenoxy) is 1. The third-order valence-electron chi connectivity index (χ3n) is 3.62. The first kappa shape index (κ1) is 15.9. The Balaban J connectivity index is 1.86. The molecule has 3 nitrogen and oxygen atoms in total. The van der Waals surface area contributed by atoms with Crippen molar-refractivity contribution in [2.24, 2.45) is 0 Å². The highest BCUT2D eigenvalue weighted by atomic mass is 16.5. The second-order valence-corrected chi connectivity index (χ2v) is 5.33. The van der Waals surface area contributed by atoms with E-state index in [-0.39, 0.29) is 0 Å². The van der Waals surface area contributed by atoms with Crippen LogP contribution in [-0.4, -0.2) is 50.8 Å². The normalized spacial score (nSPS) is 18.5. The van der Waals surface area contributed by atoms with Gasteiger partial charge in [0, 0.05) is 26.2 Å². The van der Waals surface area contributed by atoms with Gasteiger partial charge in [0.05, 0.1) is 6.61 Å². The minimum Gasteiger partial charge on any atom is -0.380 e. The molecule has 1 aliphatic rings. The molecule has 108 valence electrons.